The number of aliphatic hydroxyl groups excluding tert-OH is 2. The van der Waals surface area contributed by atoms with Gasteiger partial charge >= 0.3 is 5.97 Å². The Labute approximate surface area is 187 Å². The van der Waals surface area contributed by atoms with Gasteiger partial charge in [-0.05, 0) is 91.8 Å². The Morgan fingerprint density at radius 1 is 1.10 bits per heavy atom. The molecule has 4 nitrogen and oxygen atoms in total. The molecule has 9 atom stereocenters. The van der Waals surface area contributed by atoms with Gasteiger partial charge in [-0.3, -0.25) is 0 Å². The third-order valence-electron chi connectivity index (χ3n) is 10.7. The molecular weight excluding hydrogens is 388 g/mol. The maximum Gasteiger partial charge on any atom is 0.336 e. The Kier molecular flexibility index (Phi) is 5.41. The number of hydrogen-bond donors (Lipinski definition) is 2. The average Bonchev–Trinajstić information content (AvgIpc) is 3.11. The number of hydrogen-bond acceptors (Lipinski definition) is 4. The normalized spacial score (nSPS) is 48.0. The van der Waals surface area contributed by atoms with E-state index in [1.54, 1.807) is 5.57 Å². The smallest absolute Gasteiger partial charge is 0.336 e. The van der Waals surface area contributed by atoms with Crippen LogP contribution in [0.5, 0.6) is 0 Å². The fourth-order valence-corrected chi connectivity index (χ4v) is 8.86. The van der Waals surface area contributed by atoms with Crippen LogP contribution in [0, 0.1) is 40.4 Å². The van der Waals surface area contributed by atoms with Crippen molar-refractivity contribution in [1.29, 1.82) is 0 Å². The Bertz CT molecular complexity index is 799. The van der Waals surface area contributed by atoms with Crippen molar-refractivity contribution in [2.45, 2.75) is 90.8 Å². The summed E-state index contributed by atoms with van der Waals surface area (Å²) in [5.74, 6) is 2.88. The van der Waals surface area contributed by atoms with Crippen LogP contribution in [0.2, 0.25) is 0 Å². The molecule has 0 aromatic rings. The summed E-state index contributed by atoms with van der Waals surface area (Å²) >= 11 is 0. The molecule has 2 N–H and O–H groups in total. The SMILES string of the molecule is C[C@H](C1CC=C(CO)C(=O)O1)C1CCC2C3CC=C4CC(O)CC[C@]4(C)C3CCC21C. The van der Waals surface area contributed by atoms with Crippen molar-refractivity contribution in [3.8, 4) is 0 Å². The van der Waals surface area contributed by atoms with E-state index < -0.39 is 0 Å². The van der Waals surface area contributed by atoms with Gasteiger partial charge in [0.15, 0.2) is 0 Å². The lowest BCUT2D eigenvalue weighted by Crippen LogP contribution is -2.51. The molecule has 7 unspecified atom stereocenters. The highest BCUT2D eigenvalue weighted by Crippen LogP contribution is 2.67. The topological polar surface area (TPSA) is 66.8 Å². The number of carbonyl (C=O) groups excluding carboxylic acids is 1. The second-order valence-electron chi connectivity index (χ2n) is 11.8. The summed E-state index contributed by atoms with van der Waals surface area (Å²) in [4.78, 5) is 12.2. The number of esters is 1. The fourth-order valence-electron chi connectivity index (χ4n) is 8.86. The summed E-state index contributed by atoms with van der Waals surface area (Å²) in [5, 5.41) is 19.6. The molecule has 5 rings (SSSR count). The van der Waals surface area contributed by atoms with E-state index in [9.17, 15) is 15.0 Å². The molecule has 3 fully saturated rings. The van der Waals surface area contributed by atoms with Crippen molar-refractivity contribution in [2.24, 2.45) is 40.4 Å². The van der Waals surface area contributed by atoms with Crippen molar-refractivity contribution >= 4 is 5.97 Å². The van der Waals surface area contributed by atoms with Crippen molar-refractivity contribution in [1.82, 2.24) is 0 Å². The summed E-state index contributed by atoms with van der Waals surface area (Å²) < 4.78 is 5.79. The predicted molar refractivity (Wildman–Crippen MR) is 120 cm³/mol. The van der Waals surface area contributed by atoms with Crippen molar-refractivity contribution in [3.05, 3.63) is 23.3 Å². The second-order valence-corrected chi connectivity index (χ2v) is 11.8. The molecule has 0 aromatic heterocycles. The van der Waals surface area contributed by atoms with Gasteiger partial charge in [-0.2, -0.15) is 0 Å². The second kappa shape index (κ2) is 7.73. The quantitative estimate of drug-likeness (QED) is 0.501. The largest absolute Gasteiger partial charge is 0.458 e. The first-order valence-corrected chi connectivity index (χ1v) is 12.7. The number of fused-ring (bicyclic) bond motifs is 5. The van der Waals surface area contributed by atoms with Gasteiger partial charge in [0.1, 0.15) is 6.10 Å². The van der Waals surface area contributed by atoms with Gasteiger partial charge in [0.25, 0.3) is 0 Å². The van der Waals surface area contributed by atoms with Gasteiger partial charge in [0, 0.05) is 6.42 Å². The highest BCUT2D eigenvalue weighted by Gasteiger charge is 2.59. The Balaban J connectivity index is 1.36. The zero-order valence-corrected chi connectivity index (χ0v) is 19.5. The van der Waals surface area contributed by atoms with E-state index in [4.69, 9.17) is 4.74 Å². The van der Waals surface area contributed by atoms with Gasteiger partial charge in [-0.25, -0.2) is 4.79 Å². The summed E-state index contributed by atoms with van der Waals surface area (Å²) in [6.07, 6.45) is 14.2. The molecule has 0 aromatic carbocycles. The van der Waals surface area contributed by atoms with E-state index in [0.29, 0.717) is 22.8 Å². The van der Waals surface area contributed by atoms with E-state index in [1.807, 2.05) is 6.08 Å². The Hall–Kier alpha value is -1.13. The summed E-state index contributed by atoms with van der Waals surface area (Å²) in [7, 11) is 0. The highest BCUT2D eigenvalue weighted by molar-refractivity contribution is 5.89. The van der Waals surface area contributed by atoms with E-state index >= 15 is 0 Å². The van der Waals surface area contributed by atoms with Crippen molar-refractivity contribution in [2.75, 3.05) is 6.61 Å². The standard InChI is InChI=1S/C27H40O4/c1-16(24-9-4-17(15-28)25(30)31-24)21-7-8-22-20-6-5-18-14-19(29)10-12-26(18,2)23(20)11-13-27(21,22)3/h4-5,16,19-24,28-29H,6-15H2,1-3H3/t16-,19?,20?,21?,22?,23?,24?,26-,27?/m0/s1. The Morgan fingerprint density at radius 2 is 1.90 bits per heavy atom. The molecule has 0 radical (unpaired) electrons. The molecule has 1 heterocycles. The van der Waals surface area contributed by atoms with Gasteiger partial charge in [-0.15, -0.1) is 0 Å². The number of aliphatic hydroxyl groups is 2. The minimum Gasteiger partial charge on any atom is -0.458 e. The minimum absolute atomic E-state index is 0.0590. The minimum atomic E-state index is -0.327. The molecule has 5 aliphatic rings. The molecule has 0 spiro atoms. The molecule has 31 heavy (non-hydrogen) atoms. The van der Waals surface area contributed by atoms with Crippen LogP contribution in [-0.4, -0.2) is 35.0 Å². The molecule has 0 bridgehead atoms. The van der Waals surface area contributed by atoms with Crippen LogP contribution in [0.25, 0.3) is 0 Å². The fraction of sp³-hybridized carbons (Fsp3) is 0.815. The van der Waals surface area contributed by atoms with E-state index in [2.05, 4.69) is 26.8 Å². The van der Waals surface area contributed by atoms with Crippen LogP contribution in [0.3, 0.4) is 0 Å². The predicted octanol–water partition coefficient (Wildman–Crippen LogP) is 4.80. The van der Waals surface area contributed by atoms with Crippen LogP contribution >= 0.6 is 0 Å². The average molecular weight is 429 g/mol. The summed E-state index contributed by atoms with van der Waals surface area (Å²) in [6, 6.07) is 0. The third-order valence-corrected chi connectivity index (χ3v) is 10.7. The van der Waals surface area contributed by atoms with Gasteiger partial charge in [0.05, 0.1) is 18.3 Å². The lowest BCUT2D eigenvalue weighted by molar-refractivity contribution is -0.151. The van der Waals surface area contributed by atoms with E-state index in [0.717, 1.165) is 43.4 Å². The highest BCUT2D eigenvalue weighted by atomic mass is 16.5. The van der Waals surface area contributed by atoms with Crippen LogP contribution < -0.4 is 0 Å². The first-order chi connectivity index (χ1) is 14.8. The zero-order valence-electron chi connectivity index (χ0n) is 19.5. The van der Waals surface area contributed by atoms with Gasteiger partial charge in [0.2, 0.25) is 0 Å². The number of rotatable bonds is 3. The van der Waals surface area contributed by atoms with Crippen LogP contribution in [0.1, 0.15) is 78.6 Å². The molecule has 4 heteroatoms. The lowest BCUT2D eigenvalue weighted by Gasteiger charge is -2.58. The summed E-state index contributed by atoms with van der Waals surface area (Å²) in [6.45, 7) is 7.10. The van der Waals surface area contributed by atoms with Gasteiger partial charge < -0.3 is 14.9 Å². The molecule has 0 saturated heterocycles. The first-order valence-electron chi connectivity index (χ1n) is 12.7. The number of allylic oxidation sites excluding steroid dienone is 1. The van der Waals surface area contributed by atoms with Gasteiger partial charge in [-0.1, -0.05) is 38.5 Å². The van der Waals surface area contributed by atoms with Crippen LogP contribution in [0.15, 0.2) is 23.3 Å². The van der Waals surface area contributed by atoms with E-state index in [1.165, 1.54) is 32.1 Å². The van der Waals surface area contributed by atoms with Crippen molar-refractivity contribution < 1.29 is 19.7 Å². The monoisotopic (exact) mass is 428 g/mol. The molecule has 1 aliphatic heterocycles. The van der Waals surface area contributed by atoms with Crippen LogP contribution in [0.4, 0.5) is 0 Å². The third kappa shape index (κ3) is 3.27. The summed E-state index contributed by atoms with van der Waals surface area (Å²) in [5.41, 5.74) is 2.57. The molecule has 3 saturated carbocycles. The number of ether oxygens (including phenoxy) is 1. The molecular formula is C27H40O4. The maximum atomic E-state index is 12.2. The van der Waals surface area contributed by atoms with E-state index in [-0.39, 0.29) is 30.2 Å². The molecule has 0 amide bonds. The molecule has 172 valence electrons. The zero-order chi connectivity index (χ0) is 22.0. The number of carbonyl (C=O) groups is 1. The van der Waals surface area contributed by atoms with Crippen molar-refractivity contribution in [3.63, 3.8) is 0 Å². The maximum absolute atomic E-state index is 12.2. The number of cyclic esters (lactones) is 1. The lowest BCUT2D eigenvalue weighted by atomic mass is 9.47. The Morgan fingerprint density at radius 3 is 2.65 bits per heavy atom. The molecule has 4 aliphatic carbocycles. The van der Waals surface area contributed by atoms with Crippen LogP contribution in [-0.2, 0) is 9.53 Å². The first kappa shape index (κ1) is 21.7.